The van der Waals surface area contributed by atoms with Gasteiger partial charge in [0.05, 0.1) is 16.6 Å². The lowest BCUT2D eigenvalue weighted by atomic mass is 9.97. The number of nitrogens with zero attached hydrogens (tertiary/aromatic N) is 2. The zero-order valence-corrected chi connectivity index (χ0v) is 14.3. The van der Waals surface area contributed by atoms with Crippen LogP contribution in [0.3, 0.4) is 0 Å². The topological polar surface area (TPSA) is 88.3 Å². The second-order valence-electron chi connectivity index (χ2n) is 5.94. The average Bonchev–Trinajstić information content (AvgIpc) is 3.02. The molecule has 6 nitrogen and oxygen atoms in total. The van der Waals surface area contributed by atoms with Gasteiger partial charge in [-0.05, 0) is 31.9 Å². The first kappa shape index (κ1) is 16.4. The third-order valence-electron chi connectivity index (χ3n) is 4.17. The fourth-order valence-corrected chi connectivity index (χ4v) is 3.48. The van der Waals surface area contributed by atoms with Crippen LogP contribution in [-0.4, -0.2) is 34.9 Å². The standard InChI is InChI=1S/C17H20N4O2S/c1-11-19-15(10-24-11)12-4-6-14(7-5-12)20-16(22)13-3-2-8-21(9-13)17(18)23/h4-7,10,13H,2-3,8-9H2,1H3,(H2,18,23)(H,20,22)/t13-/m0/s1. The fourth-order valence-electron chi connectivity index (χ4n) is 2.86. The molecule has 126 valence electrons. The molecule has 0 spiro atoms. The Bertz CT molecular complexity index is 741. The molecule has 3 rings (SSSR count). The molecular formula is C17H20N4O2S. The minimum Gasteiger partial charge on any atom is -0.351 e. The largest absolute Gasteiger partial charge is 0.351 e. The maximum Gasteiger partial charge on any atom is 0.314 e. The van der Waals surface area contributed by atoms with E-state index in [1.54, 1.807) is 11.3 Å². The van der Waals surface area contributed by atoms with E-state index in [1.807, 2.05) is 36.6 Å². The summed E-state index contributed by atoms with van der Waals surface area (Å²) in [6.07, 6.45) is 1.56. The van der Waals surface area contributed by atoms with Crippen molar-refractivity contribution in [1.29, 1.82) is 0 Å². The summed E-state index contributed by atoms with van der Waals surface area (Å²) < 4.78 is 0. The number of hydrogen-bond acceptors (Lipinski definition) is 4. The van der Waals surface area contributed by atoms with Crippen LogP contribution in [-0.2, 0) is 4.79 Å². The molecule has 0 unspecified atom stereocenters. The number of thiazole rings is 1. The number of rotatable bonds is 3. The zero-order valence-electron chi connectivity index (χ0n) is 13.5. The number of nitrogens with two attached hydrogens (primary N) is 1. The number of likely N-dealkylation sites (tertiary alicyclic amines) is 1. The zero-order chi connectivity index (χ0) is 17.1. The summed E-state index contributed by atoms with van der Waals surface area (Å²) in [4.78, 5) is 29.6. The monoisotopic (exact) mass is 344 g/mol. The van der Waals surface area contributed by atoms with Gasteiger partial charge in [0.15, 0.2) is 0 Å². The maximum absolute atomic E-state index is 12.4. The van der Waals surface area contributed by atoms with E-state index in [4.69, 9.17) is 5.73 Å². The minimum absolute atomic E-state index is 0.0711. The van der Waals surface area contributed by atoms with Crippen LogP contribution in [0, 0.1) is 12.8 Å². The quantitative estimate of drug-likeness (QED) is 0.897. The van der Waals surface area contributed by atoms with E-state index in [0.717, 1.165) is 34.8 Å². The molecule has 1 aliphatic heterocycles. The van der Waals surface area contributed by atoms with Crippen molar-refractivity contribution in [3.63, 3.8) is 0 Å². The van der Waals surface area contributed by atoms with Gasteiger partial charge in [0, 0.05) is 29.7 Å². The lowest BCUT2D eigenvalue weighted by molar-refractivity contribution is -0.121. The van der Waals surface area contributed by atoms with Gasteiger partial charge in [-0.15, -0.1) is 11.3 Å². The van der Waals surface area contributed by atoms with Crippen LogP contribution in [0.5, 0.6) is 0 Å². The Kier molecular flexibility index (Phi) is 4.80. The number of aromatic nitrogens is 1. The third kappa shape index (κ3) is 3.73. The van der Waals surface area contributed by atoms with Crippen molar-refractivity contribution in [1.82, 2.24) is 9.88 Å². The molecule has 0 aliphatic carbocycles. The second-order valence-corrected chi connectivity index (χ2v) is 7.00. The predicted molar refractivity (Wildman–Crippen MR) is 94.8 cm³/mol. The first-order valence-electron chi connectivity index (χ1n) is 7.91. The highest BCUT2D eigenvalue weighted by atomic mass is 32.1. The summed E-state index contributed by atoms with van der Waals surface area (Å²) in [5.74, 6) is -0.287. The first-order chi connectivity index (χ1) is 11.5. The molecule has 24 heavy (non-hydrogen) atoms. The number of anilines is 1. The Morgan fingerprint density at radius 1 is 1.33 bits per heavy atom. The lowest BCUT2D eigenvalue weighted by Crippen LogP contribution is -2.46. The van der Waals surface area contributed by atoms with Crippen LogP contribution in [0.2, 0.25) is 0 Å². The molecule has 2 heterocycles. The maximum atomic E-state index is 12.4. The van der Waals surface area contributed by atoms with Crippen molar-refractivity contribution in [2.45, 2.75) is 19.8 Å². The van der Waals surface area contributed by atoms with Gasteiger partial charge in [-0.2, -0.15) is 0 Å². The number of benzene rings is 1. The van der Waals surface area contributed by atoms with E-state index >= 15 is 0 Å². The van der Waals surface area contributed by atoms with E-state index in [-0.39, 0.29) is 11.8 Å². The normalized spacial score (nSPS) is 17.5. The van der Waals surface area contributed by atoms with Gasteiger partial charge in [-0.25, -0.2) is 9.78 Å². The number of aryl methyl sites for hydroxylation is 1. The summed E-state index contributed by atoms with van der Waals surface area (Å²) in [5.41, 5.74) is 8.02. The number of amides is 3. The molecule has 0 bridgehead atoms. The summed E-state index contributed by atoms with van der Waals surface area (Å²) in [6, 6.07) is 7.17. The van der Waals surface area contributed by atoms with Crippen LogP contribution in [0.25, 0.3) is 11.3 Å². The van der Waals surface area contributed by atoms with Gasteiger partial charge in [0.2, 0.25) is 5.91 Å². The summed E-state index contributed by atoms with van der Waals surface area (Å²) in [5, 5.41) is 5.96. The van der Waals surface area contributed by atoms with Crippen molar-refractivity contribution in [2.75, 3.05) is 18.4 Å². The lowest BCUT2D eigenvalue weighted by Gasteiger charge is -2.30. The van der Waals surface area contributed by atoms with Gasteiger partial charge in [-0.1, -0.05) is 12.1 Å². The number of urea groups is 1. The van der Waals surface area contributed by atoms with Gasteiger partial charge in [0.1, 0.15) is 0 Å². The molecule has 0 radical (unpaired) electrons. The molecule has 7 heteroatoms. The number of carbonyl (C=O) groups excluding carboxylic acids is 2. The van der Waals surface area contributed by atoms with E-state index < -0.39 is 6.03 Å². The summed E-state index contributed by atoms with van der Waals surface area (Å²) >= 11 is 1.61. The van der Waals surface area contributed by atoms with E-state index in [2.05, 4.69) is 10.3 Å². The fraction of sp³-hybridized carbons (Fsp3) is 0.353. The van der Waals surface area contributed by atoms with Crippen molar-refractivity contribution in [3.8, 4) is 11.3 Å². The molecule has 1 atom stereocenters. The minimum atomic E-state index is -0.463. The molecule has 2 aromatic rings. The Hall–Kier alpha value is -2.41. The highest BCUT2D eigenvalue weighted by Gasteiger charge is 2.27. The molecule has 1 saturated heterocycles. The summed E-state index contributed by atoms with van der Waals surface area (Å²) in [6.45, 7) is 2.99. The Morgan fingerprint density at radius 2 is 2.08 bits per heavy atom. The molecule has 3 amide bonds. The third-order valence-corrected chi connectivity index (χ3v) is 4.94. The van der Waals surface area contributed by atoms with Crippen molar-refractivity contribution >= 4 is 29.0 Å². The number of nitrogens with one attached hydrogen (secondary N) is 1. The number of primary amides is 1. The molecular weight excluding hydrogens is 324 g/mol. The predicted octanol–water partition coefficient (Wildman–Crippen LogP) is 2.85. The molecule has 1 aliphatic rings. The molecule has 1 fully saturated rings. The highest BCUT2D eigenvalue weighted by molar-refractivity contribution is 7.09. The first-order valence-corrected chi connectivity index (χ1v) is 8.78. The highest BCUT2D eigenvalue weighted by Crippen LogP contribution is 2.24. The van der Waals surface area contributed by atoms with Crippen molar-refractivity contribution in [2.24, 2.45) is 11.7 Å². The van der Waals surface area contributed by atoms with E-state index in [9.17, 15) is 9.59 Å². The van der Waals surface area contributed by atoms with Gasteiger partial charge >= 0.3 is 6.03 Å². The number of piperidine rings is 1. The molecule has 0 saturated carbocycles. The SMILES string of the molecule is Cc1nc(-c2ccc(NC(=O)[C@H]3CCCN(C(N)=O)C3)cc2)cs1. The van der Waals surface area contributed by atoms with Crippen LogP contribution in [0.1, 0.15) is 17.8 Å². The van der Waals surface area contributed by atoms with Gasteiger partial charge in [0.25, 0.3) is 0 Å². The van der Waals surface area contributed by atoms with Gasteiger partial charge in [-0.3, -0.25) is 4.79 Å². The van der Waals surface area contributed by atoms with Gasteiger partial charge < -0.3 is 16.0 Å². The van der Waals surface area contributed by atoms with Crippen molar-refractivity contribution < 1.29 is 9.59 Å². The smallest absolute Gasteiger partial charge is 0.314 e. The molecule has 3 N–H and O–H groups in total. The van der Waals surface area contributed by atoms with Crippen LogP contribution in [0.4, 0.5) is 10.5 Å². The Balaban J connectivity index is 1.63. The van der Waals surface area contributed by atoms with E-state index in [0.29, 0.717) is 13.1 Å². The van der Waals surface area contributed by atoms with Crippen LogP contribution < -0.4 is 11.1 Å². The summed E-state index contributed by atoms with van der Waals surface area (Å²) in [7, 11) is 0. The van der Waals surface area contributed by atoms with Crippen molar-refractivity contribution in [3.05, 3.63) is 34.7 Å². The second kappa shape index (κ2) is 7.00. The van der Waals surface area contributed by atoms with E-state index in [1.165, 1.54) is 4.90 Å². The molecule has 1 aromatic heterocycles. The Morgan fingerprint density at radius 3 is 2.71 bits per heavy atom. The number of hydrogen-bond donors (Lipinski definition) is 2. The molecule has 1 aromatic carbocycles. The number of carbonyl (C=O) groups is 2. The van der Waals surface area contributed by atoms with Crippen LogP contribution in [0.15, 0.2) is 29.6 Å². The average molecular weight is 344 g/mol. The Labute approximate surface area is 144 Å². The van der Waals surface area contributed by atoms with Crippen LogP contribution >= 0.6 is 11.3 Å².